The molecule has 2 heteroatoms. The zero-order valence-electron chi connectivity index (χ0n) is 7.75. The van der Waals surface area contributed by atoms with Crippen LogP contribution in [0.1, 0.15) is 26.2 Å². The minimum absolute atomic E-state index is 0.906. The van der Waals surface area contributed by atoms with Gasteiger partial charge in [-0.25, -0.2) is 0 Å². The van der Waals surface area contributed by atoms with Crippen molar-refractivity contribution in [2.24, 2.45) is 4.99 Å². The van der Waals surface area contributed by atoms with Crippen molar-refractivity contribution in [2.75, 3.05) is 19.8 Å². The van der Waals surface area contributed by atoms with Crippen molar-refractivity contribution in [3.05, 3.63) is 11.6 Å². The summed E-state index contributed by atoms with van der Waals surface area (Å²) in [6, 6.07) is 0. The molecule has 0 aromatic heterocycles. The average Bonchev–Trinajstić information content (AvgIpc) is 2.14. The summed E-state index contributed by atoms with van der Waals surface area (Å²) < 4.78 is 5.26. The number of hydrogen-bond acceptors (Lipinski definition) is 2. The maximum atomic E-state index is 5.26. The first kappa shape index (κ1) is 9.46. The molecule has 1 heterocycles. The molecule has 1 aliphatic rings. The molecule has 12 heavy (non-hydrogen) atoms. The second-order valence-electron chi connectivity index (χ2n) is 2.93. The molecule has 1 aliphatic heterocycles. The SMILES string of the molecule is CC=NCCC=C1CCOCC1. The molecule has 1 rings (SSSR count). The van der Waals surface area contributed by atoms with Crippen LogP contribution in [0.3, 0.4) is 0 Å². The normalized spacial score (nSPS) is 18.6. The maximum Gasteiger partial charge on any atom is 0.0503 e. The van der Waals surface area contributed by atoms with E-state index in [1.165, 1.54) is 0 Å². The monoisotopic (exact) mass is 167 g/mol. The van der Waals surface area contributed by atoms with E-state index in [9.17, 15) is 0 Å². The minimum atomic E-state index is 0.906. The van der Waals surface area contributed by atoms with Gasteiger partial charge in [-0.1, -0.05) is 11.6 Å². The number of aliphatic imine (C=N–C) groups is 1. The highest BCUT2D eigenvalue weighted by Crippen LogP contribution is 2.13. The average molecular weight is 167 g/mol. The van der Waals surface area contributed by atoms with Gasteiger partial charge in [0, 0.05) is 6.54 Å². The van der Waals surface area contributed by atoms with E-state index in [0.717, 1.165) is 39.0 Å². The zero-order chi connectivity index (χ0) is 8.65. The van der Waals surface area contributed by atoms with Gasteiger partial charge in [-0.05, 0) is 32.4 Å². The second-order valence-corrected chi connectivity index (χ2v) is 2.93. The molecule has 0 spiro atoms. The van der Waals surface area contributed by atoms with Crippen LogP contribution in [-0.4, -0.2) is 26.0 Å². The Morgan fingerprint density at radius 1 is 1.42 bits per heavy atom. The standard InChI is InChI=1S/C10H17NO/c1-2-11-7-3-4-10-5-8-12-9-6-10/h2,4H,3,5-9H2,1H3. The second kappa shape index (κ2) is 5.95. The third kappa shape index (κ3) is 3.67. The van der Waals surface area contributed by atoms with Gasteiger partial charge in [-0.3, -0.25) is 4.99 Å². The van der Waals surface area contributed by atoms with Gasteiger partial charge in [0.15, 0.2) is 0 Å². The van der Waals surface area contributed by atoms with Gasteiger partial charge in [-0.2, -0.15) is 0 Å². The first-order valence-corrected chi connectivity index (χ1v) is 4.63. The van der Waals surface area contributed by atoms with Crippen molar-refractivity contribution in [3.63, 3.8) is 0 Å². The van der Waals surface area contributed by atoms with E-state index in [1.807, 2.05) is 13.1 Å². The fraction of sp³-hybridized carbons (Fsp3) is 0.700. The first-order valence-electron chi connectivity index (χ1n) is 4.63. The third-order valence-corrected chi connectivity index (χ3v) is 2.01. The molecular formula is C10H17NO. The van der Waals surface area contributed by atoms with Crippen LogP contribution in [0.5, 0.6) is 0 Å². The van der Waals surface area contributed by atoms with Crippen molar-refractivity contribution in [1.29, 1.82) is 0 Å². The van der Waals surface area contributed by atoms with Crippen LogP contribution in [-0.2, 0) is 4.74 Å². The zero-order valence-corrected chi connectivity index (χ0v) is 7.75. The molecule has 0 atom stereocenters. The molecule has 0 bridgehead atoms. The van der Waals surface area contributed by atoms with Crippen LogP contribution in [0, 0.1) is 0 Å². The summed E-state index contributed by atoms with van der Waals surface area (Å²) in [5.74, 6) is 0. The predicted molar refractivity (Wildman–Crippen MR) is 51.8 cm³/mol. The highest BCUT2D eigenvalue weighted by molar-refractivity contribution is 5.53. The lowest BCUT2D eigenvalue weighted by Crippen LogP contribution is -2.07. The first-order chi connectivity index (χ1) is 5.93. The van der Waals surface area contributed by atoms with Gasteiger partial charge in [0.25, 0.3) is 0 Å². The van der Waals surface area contributed by atoms with Gasteiger partial charge in [0.05, 0.1) is 13.2 Å². The molecule has 0 aliphatic carbocycles. The third-order valence-electron chi connectivity index (χ3n) is 2.01. The summed E-state index contributed by atoms with van der Waals surface area (Å²) >= 11 is 0. The number of nitrogens with zero attached hydrogens (tertiary/aromatic N) is 1. The number of ether oxygens (including phenoxy) is 1. The Morgan fingerprint density at radius 3 is 2.83 bits per heavy atom. The summed E-state index contributed by atoms with van der Waals surface area (Å²) in [4.78, 5) is 4.16. The number of hydrogen-bond donors (Lipinski definition) is 0. The number of rotatable bonds is 3. The van der Waals surface area contributed by atoms with E-state index < -0.39 is 0 Å². The molecule has 1 saturated heterocycles. The molecule has 0 amide bonds. The molecule has 1 fully saturated rings. The van der Waals surface area contributed by atoms with Gasteiger partial charge in [0.1, 0.15) is 0 Å². The van der Waals surface area contributed by atoms with Crippen LogP contribution >= 0.6 is 0 Å². The Hall–Kier alpha value is -0.630. The quantitative estimate of drug-likeness (QED) is 0.359. The Balaban J connectivity index is 2.16. The van der Waals surface area contributed by atoms with E-state index in [-0.39, 0.29) is 0 Å². The van der Waals surface area contributed by atoms with Gasteiger partial charge in [-0.15, -0.1) is 0 Å². The van der Waals surface area contributed by atoms with Gasteiger partial charge in [0.2, 0.25) is 0 Å². The summed E-state index contributed by atoms with van der Waals surface area (Å²) in [5, 5.41) is 0. The Labute approximate surface area is 74.3 Å². The minimum Gasteiger partial charge on any atom is -0.381 e. The van der Waals surface area contributed by atoms with Gasteiger partial charge < -0.3 is 4.74 Å². The molecular weight excluding hydrogens is 150 g/mol. The summed E-state index contributed by atoms with van der Waals surface area (Å²) in [5.41, 5.74) is 1.55. The molecule has 0 aromatic carbocycles. The molecule has 0 radical (unpaired) electrons. The van der Waals surface area contributed by atoms with Crippen molar-refractivity contribution in [1.82, 2.24) is 0 Å². The van der Waals surface area contributed by atoms with E-state index in [4.69, 9.17) is 4.74 Å². The van der Waals surface area contributed by atoms with Crippen LogP contribution < -0.4 is 0 Å². The largest absolute Gasteiger partial charge is 0.381 e. The van der Waals surface area contributed by atoms with Crippen molar-refractivity contribution >= 4 is 6.21 Å². The van der Waals surface area contributed by atoms with Crippen molar-refractivity contribution in [2.45, 2.75) is 26.2 Å². The van der Waals surface area contributed by atoms with E-state index in [2.05, 4.69) is 11.1 Å². The summed E-state index contributed by atoms with van der Waals surface area (Å²) in [6.45, 7) is 4.70. The van der Waals surface area contributed by atoms with Crippen LogP contribution in [0.25, 0.3) is 0 Å². The van der Waals surface area contributed by atoms with Crippen molar-refractivity contribution < 1.29 is 4.74 Å². The Bertz CT molecular complexity index is 165. The summed E-state index contributed by atoms with van der Waals surface area (Å²) in [7, 11) is 0. The van der Waals surface area contributed by atoms with E-state index in [1.54, 1.807) is 5.57 Å². The smallest absolute Gasteiger partial charge is 0.0503 e. The predicted octanol–water partition coefficient (Wildman–Crippen LogP) is 2.20. The topological polar surface area (TPSA) is 21.6 Å². The molecule has 68 valence electrons. The highest BCUT2D eigenvalue weighted by atomic mass is 16.5. The molecule has 0 N–H and O–H groups in total. The lowest BCUT2D eigenvalue weighted by molar-refractivity contribution is 0.119. The fourth-order valence-corrected chi connectivity index (χ4v) is 1.31. The van der Waals surface area contributed by atoms with Gasteiger partial charge >= 0.3 is 0 Å². The van der Waals surface area contributed by atoms with E-state index in [0.29, 0.717) is 0 Å². The molecule has 2 nitrogen and oxygen atoms in total. The fourth-order valence-electron chi connectivity index (χ4n) is 1.31. The van der Waals surface area contributed by atoms with Crippen LogP contribution in [0.4, 0.5) is 0 Å². The molecule has 0 unspecified atom stereocenters. The lowest BCUT2D eigenvalue weighted by Gasteiger charge is -2.14. The van der Waals surface area contributed by atoms with Crippen molar-refractivity contribution in [3.8, 4) is 0 Å². The Kier molecular flexibility index (Phi) is 4.69. The molecule has 0 aromatic rings. The Morgan fingerprint density at radius 2 is 2.17 bits per heavy atom. The van der Waals surface area contributed by atoms with Crippen LogP contribution in [0.2, 0.25) is 0 Å². The summed E-state index contributed by atoms with van der Waals surface area (Å²) in [6.07, 6.45) is 7.50. The maximum absolute atomic E-state index is 5.26. The van der Waals surface area contributed by atoms with E-state index >= 15 is 0 Å². The lowest BCUT2D eigenvalue weighted by atomic mass is 10.1. The van der Waals surface area contributed by atoms with Crippen LogP contribution in [0.15, 0.2) is 16.6 Å². The molecule has 0 saturated carbocycles. The highest BCUT2D eigenvalue weighted by Gasteiger charge is 2.03.